The van der Waals surface area contributed by atoms with E-state index in [4.69, 9.17) is 19.9 Å². The Morgan fingerprint density at radius 3 is 2.43 bits per heavy atom. The number of fused-ring (bicyclic) bond motifs is 1. The van der Waals surface area contributed by atoms with Gasteiger partial charge in [-0.1, -0.05) is 12.1 Å². The van der Waals surface area contributed by atoms with Gasteiger partial charge < -0.3 is 25.3 Å². The van der Waals surface area contributed by atoms with Crippen LogP contribution in [0.5, 0.6) is 17.2 Å². The van der Waals surface area contributed by atoms with Gasteiger partial charge in [0.2, 0.25) is 5.75 Å². The van der Waals surface area contributed by atoms with Crippen LogP contribution >= 0.6 is 11.3 Å². The van der Waals surface area contributed by atoms with E-state index >= 15 is 0 Å². The first-order valence-corrected chi connectivity index (χ1v) is 9.13. The second-order valence-corrected chi connectivity index (χ2v) is 6.84. The minimum Gasteiger partial charge on any atom is -0.493 e. The summed E-state index contributed by atoms with van der Waals surface area (Å²) >= 11 is 1.52. The predicted octanol–water partition coefficient (Wildman–Crippen LogP) is 2.11. The van der Waals surface area contributed by atoms with Gasteiger partial charge >= 0.3 is 0 Å². The molecule has 0 aliphatic heterocycles. The minimum absolute atomic E-state index is 0.200. The second-order valence-electron chi connectivity index (χ2n) is 5.72. The second kappa shape index (κ2) is 8.57. The first-order valence-electron chi connectivity index (χ1n) is 8.31. The standard InChI is InChI=1S/C19H19N3O5S/c1-25-13-7-11(8-14(26-2)18(13)27-10-16(20)23)19(24)21-9-17-22-12-5-3-4-6-15(12)28-17/h3-8H,9-10H2,1-2H3,(H2,20,23)(H,21,24). The quantitative estimate of drug-likeness (QED) is 0.598. The molecule has 3 N–H and O–H groups in total. The van der Waals surface area contributed by atoms with Gasteiger partial charge in [0.05, 0.1) is 31.0 Å². The van der Waals surface area contributed by atoms with E-state index in [1.165, 1.54) is 37.7 Å². The zero-order chi connectivity index (χ0) is 20.1. The summed E-state index contributed by atoms with van der Waals surface area (Å²) in [7, 11) is 2.85. The van der Waals surface area contributed by atoms with Crippen LogP contribution in [0, 0.1) is 0 Å². The molecule has 0 bridgehead atoms. The third-order valence-electron chi connectivity index (χ3n) is 3.82. The number of benzene rings is 2. The average molecular weight is 401 g/mol. The maximum absolute atomic E-state index is 12.6. The number of amides is 2. The van der Waals surface area contributed by atoms with E-state index in [0.717, 1.165) is 15.2 Å². The van der Waals surface area contributed by atoms with Crippen molar-refractivity contribution in [2.24, 2.45) is 5.73 Å². The number of ether oxygens (including phenoxy) is 3. The third kappa shape index (κ3) is 4.32. The van der Waals surface area contributed by atoms with Gasteiger partial charge in [-0.25, -0.2) is 4.98 Å². The molecule has 3 rings (SSSR count). The van der Waals surface area contributed by atoms with Crippen LogP contribution < -0.4 is 25.3 Å². The fourth-order valence-corrected chi connectivity index (χ4v) is 3.46. The van der Waals surface area contributed by atoms with Crippen molar-refractivity contribution < 1.29 is 23.8 Å². The van der Waals surface area contributed by atoms with E-state index < -0.39 is 5.91 Å². The van der Waals surface area contributed by atoms with Crippen molar-refractivity contribution in [2.75, 3.05) is 20.8 Å². The number of nitrogens with two attached hydrogens (primary N) is 1. The fourth-order valence-electron chi connectivity index (χ4n) is 2.55. The minimum atomic E-state index is -0.637. The zero-order valence-corrected chi connectivity index (χ0v) is 16.2. The highest BCUT2D eigenvalue weighted by atomic mass is 32.1. The zero-order valence-electron chi connectivity index (χ0n) is 15.4. The van der Waals surface area contributed by atoms with Gasteiger partial charge in [0.1, 0.15) is 5.01 Å². The molecule has 0 spiro atoms. The van der Waals surface area contributed by atoms with Crippen molar-refractivity contribution in [1.82, 2.24) is 10.3 Å². The first kappa shape index (κ1) is 19.4. The molecule has 0 atom stereocenters. The van der Waals surface area contributed by atoms with E-state index in [0.29, 0.717) is 12.1 Å². The summed E-state index contributed by atoms with van der Waals surface area (Å²) in [5.74, 6) is -0.248. The molecule has 1 heterocycles. The molecule has 0 saturated heterocycles. The number of aromatic nitrogens is 1. The van der Waals surface area contributed by atoms with Crippen LogP contribution in [0.15, 0.2) is 36.4 Å². The molecule has 0 saturated carbocycles. The highest BCUT2D eigenvalue weighted by molar-refractivity contribution is 7.18. The highest BCUT2D eigenvalue weighted by Gasteiger charge is 2.18. The monoisotopic (exact) mass is 401 g/mol. The van der Waals surface area contributed by atoms with Gasteiger partial charge in [-0.3, -0.25) is 9.59 Å². The van der Waals surface area contributed by atoms with Crippen LogP contribution in [0.4, 0.5) is 0 Å². The van der Waals surface area contributed by atoms with Gasteiger partial charge in [-0.05, 0) is 24.3 Å². The molecule has 3 aromatic rings. The Morgan fingerprint density at radius 2 is 1.82 bits per heavy atom. The van der Waals surface area contributed by atoms with Crippen LogP contribution in [-0.2, 0) is 11.3 Å². The maximum Gasteiger partial charge on any atom is 0.255 e. The van der Waals surface area contributed by atoms with E-state index in [-0.39, 0.29) is 29.8 Å². The third-order valence-corrected chi connectivity index (χ3v) is 4.86. The number of rotatable bonds is 8. The number of carbonyl (C=O) groups excluding carboxylic acids is 2. The maximum atomic E-state index is 12.6. The van der Waals surface area contributed by atoms with Crippen LogP contribution in [0.3, 0.4) is 0 Å². The van der Waals surface area contributed by atoms with E-state index in [1.807, 2.05) is 24.3 Å². The molecule has 1 aromatic heterocycles. The van der Waals surface area contributed by atoms with Crippen LogP contribution in [0.2, 0.25) is 0 Å². The Labute approximate surface area is 165 Å². The largest absolute Gasteiger partial charge is 0.493 e. The molecule has 0 unspecified atom stereocenters. The van der Waals surface area contributed by atoms with Crippen molar-refractivity contribution in [3.05, 3.63) is 47.0 Å². The number of carbonyl (C=O) groups is 2. The summed E-state index contributed by atoms with van der Waals surface area (Å²) in [4.78, 5) is 28.1. The number of para-hydroxylation sites is 1. The normalized spacial score (nSPS) is 10.5. The van der Waals surface area contributed by atoms with Crippen molar-refractivity contribution in [3.63, 3.8) is 0 Å². The van der Waals surface area contributed by atoms with Crippen molar-refractivity contribution in [2.45, 2.75) is 6.54 Å². The Kier molecular flexibility index (Phi) is 5.95. The van der Waals surface area contributed by atoms with Gasteiger partial charge in [-0.15, -0.1) is 11.3 Å². The summed E-state index contributed by atoms with van der Waals surface area (Å²) < 4.78 is 16.9. The molecule has 0 fully saturated rings. The van der Waals surface area contributed by atoms with Crippen molar-refractivity contribution in [3.8, 4) is 17.2 Å². The van der Waals surface area contributed by atoms with E-state index in [9.17, 15) is 9.59 Å². The molecule has 2 amide bonds. The number of hydrogen-bond donors (Lipinski definition) is 2. The Morgan fingerprint density at radius 1 is 1.14 bits per heavy atom. The summed E-state index contributed by atoms with van der Waals surface area (Å²) in [6.07, 6.45) is 0. The van der Waals surface area contributed by atoms with Crippen LogP contribution in [-0.4, -0.2) is 37.6 Å². The molecule has 2 aromatic carbocycles. The SMILES string of the molecule is COc1cc(C(=O)NCc2nc3ccccc3s2)cc(OC)c1OCC(N)=O. The molecule has 9 heteroatoms. The van der Waals surface area contributed by atoms with Gasteiger partial charge in [0.25, 0.3) is 11.8 Å². The smallest absolute Gasteiger partial charge is 0.255 e. The lowest BCUT2D eigenvalue weighted by molar-refractivity contribution is -0.120. The number of primary amides is 1. The lowest BCUT2D eigenvalue weighted by Crippen LogP contribution is -2.23. The topological polar surface area (TPSA) is 113 Å². The number of methoxy groups -OCH3 is 2. The summed E-state index contributed by atoms with van der Waals surface area (Å²) in [6.45, 7) is -0.0430. The van der Waals surface area contributed by atoms with Gasteiger partial charge in [0, 0.05) is 5.56 Å². The molecular weight excluding hydrogens is 382 g/mol. The molecule has 28 heavy (non-hydrogen) atoms. The van der Waals surface area contributed by atoms with E-state index in [1.54, 1.807) is 0 Å². The lowest BCUT2D eigenvalue weighted by Gasteiger charge is -2.15. The first-order chi connectivity index (χ1) is 13.5. The Balaban J connectivity index is 1.77. The number of hydrogen-bond acceptors (Lipinski definition) is 7. The number of thiazole rings is 1. The lowest BCUT2D eigenvalue weighted by atomic mass is 10.1. The molecule has 0 aliphatic rings. The number of nitrogens with one attached hydrogen (secondary N) is 1. The van der Waals surface area contributed by atoms with Crippen molar-refractivity contribution in [1.29, 1.82) is 0 Å². The molecule has 146 valence electrons. The summed E-state index contributed by atoms with van der Waals surface area (Å²) in [5.41, 5.74) is 6.33. The van der Waals surface area contributed by atoms with Crippen LogP contribution in [0.1, 0.15) is 15.4 Å². The Bertz CT molecular complexity index is 960. The van der Waals surface area contributed by atoms with E-state index in [2.05, 4.69) is 10.3 Å². The average Bonchev–Trinajstić information content (AvgIpc) is 3.12. The van der Waals surface area contributed by atoms with Crippen LogP contribution in [0.25, 0.3) is 10.2 Å². The Hall–Kier alpha value is -3.33. The van der Waals surface area contributed by atoms with Gasteiger partial charge in [0.15, 0.2) is 18.1 Å². The molecule has 0 aliphatic carbocycles. The van der Waals surface area contributed by atoms with Crippen molar-refractivity contribution >= 4 is 33.4 Å². The predicted molar refractivity (Wildman–Crippen MR) is 105 cm³/mol. The summed E-state index contributed by atoms with van der Waals surface area (Å²) in [5, 5.41) is 3.63. The fraction of sp³-hybridized carbons (Fsp3) is 0.211. The molecular formula is C19H19N3O5S. The summed E-state index contributed by atoms with van der Waals surface area (Å²) in [6, 6.07) is 10.8. The van der Waals surface area contributed by atoms with Gasteiger partial charge in [-0.2, -0.15) is 0 Å². The molecule has 0 radical (unpaired) electrons. The molecule has 8 nitrogen and oxygen atoms in total. The highest BCUT2D eigenvalue weighted by Crippen LogP contribution is 2.38. The number of nitrogens with zero attached hydrogens (tertiary/aromatic N) is 1.